The first-order valence-electron chi connectivity index (χ1n) is 6.08. The van der Waals surface area contributed by atoms with E-state index < -0.39 is 0 Å². The van der Waals surface area contributed by atoms with Crippen LogP contribution in [-0.2, 0) is 0 Å². The van der Waals surface area contributed by atoms with Gasteiger partial charge >= 0.3 is 0 Å². The van der Waals surface area contributed by atoms with Gasteiger partial charge in [0.15, 0.2) is 5.11 Å². The molecule has 2 N–H and O–H groups in total. The van der Waals surface area contributed by atoms with E-state index >= 15 is 0 Å². The van der Waals surface area contributed by atoms with Gasteiger partial charge in [-0.05, 0) is 39.2 Å². The summed E-state index contributed by atoms with van der Waals surface area (Å²) in [5.74, 6) is 0. The molecule has 4 nitrogen and oxygen atoms in total. The molecule has 1 atom stereocenters. The molecule has 5 heteroatoms. The number of thiocarbonyl (C=S) groups is 1. The van der Waals surface area contributed by atoms with Gasteiger partial charge < -0.3 is 15.5 Å². The van der Waals surface area contributed by atoms with Gasteiger partial charge in [-0.1, -0.05) is 0 Å². The Morgan fingerprint density at radius 3 is 2.75 bits per heavy atom. The zero-order valence-corrected chi connectivity index (χ0v) is 11.0. The van der Waals surface area contributed by atoms with Crippen LogP contribution in [0, 0.1) is 0 Å². The zero-order chi connectivity index (χ0) is 11.5. The fourth-order valence-electron chi connectivity index (χ4n) is 2.00. The first-order chi connectivity index (χ1) is 7.65. The van der Waals surface area contributed by atoms with E-state index in [1.54, 1.807) is 0 Å². The Labute approximate surface area is 103 Å². The van der Waals surface area contributed by atoms with Crippen LogP contribution in [0.2, 0.25) is 0 Å². The SMILES string of the molecule is CN1CCN(C)C(CNC(=S)NC2CC2)C1. The maximum Gasteiger partial charge on any atom is 0.166 e. The van der Waals surface area contributed by atoms with Crippen molar-refractivity contribution in [1.29, 1.82) is 0 Å². The third-order valence-corrected chi connectivity index (χ3v) is 3.65. The molecule has 0 radical (unpaired) electrons. The summed E-state index contributed by atoms with van der Waals surface area (Å²) in [7, 11) is 4.37. The van der Waals surface area contributed by atoms with Crippen LogP contribution >= 0.6 is 12.2 Å². The van der Waals surface area contributed by atoms with Crippen LogP contribution in [0.5, 0.6) is 0 Å². The molecule has 92 valence electrons. The first kappa shape index (κ1) is 12.1. The van der Waals surface area contributed by atoms with E-state index in [4.69, 9.17) is 12.2 Å². The molecule has 16 heavy (non-hydrogen) atoms. The van der Waals surface area contributed by atoms with Crippen molar-refractivity contribution in [3.05, 3.63) is 0 Å². The predicted molar refractivity (Wildman–Crippen MR) is 70.7 cm³/mol. The van der Waals surface area contributed by atoms with Crippen molar-refractivity contribution >= 4 is 17.3 Å². The highest BCUT2D eigenvalue weighted by atomic mass is 32.1. The second kappa shape index (κ2) is 5.29. The maximum absolute atomic E-state index is 5.25. The van der Waals surface area contributed by atoms with Gasteiger partial charge in [0.05, 0.1) is 0 Å². The Bertz CT molecular complexity index is 254. The van der Waals surface area contributed by atoms with E-state index in [9.17, 15) is 0 Å². The van der Waals surface area contributed by atoms with Crippen LogP contribution in [0.4, 0.5) is 0 Å². The number of nitrogens with one attached hydrogen (secondary N) is 2. The summed E-state index contributed by atoms with van der Waals surface area (Å²) in [4.78, 5) is 4.79. The minimum atomic E-state index is 0.567. The van der Waals surface area contributed by atoms with Gasteiger partial charge in [-0.15, -0.1) is 0 Å². The van der Waals surface area contributed by atoms with Gasteiger partial charge in [-0.2, -0.15) is 0 Å². The molecule has 0 amide bonds. The van der Waals surface area contributed by atoms with Crippen molar-refractivity contribution in [2.24, 2.45) is 0 Å². The Morgan fingerprint density at radius 1 is 1.31 bits per heavy atom. The number of likely N-dealkylation sites (N-methyl/N-ethyl adjacent to an activating group) is 2. The molecule has 0 aromatic heterocycles. The lowest BCUT2D eigenvalue weighted by Crippen LogP contribution is -2.55. The minimum Gasteiger partial charge on any atom is -0.361 e. The lowest BCUT2D eigenvalue weighted by molar-refractivity contribution is 0.116. The lowest BCUT2D eigenvalue weighted by Gasteiger charge is -2.37. The smallest absolute Gasteiger partial charge is 0.166 e. The summed E-state index contributed by atoms with van der Waals surface area (Å²) in [5.41, 5.74) is 0. The lowest BCUT2D eigenvalue weighted by atomic mass is 10.2. The summed E-state index contributed by atoms with van der Waals surface area (Å²) >= 11 is 5.25. The van der Waals surface area contributed by atoms with Gasteiger partial charge in [0.1, 0.15) is 0 Å². The summed E-state index contributed by atoms with van der Waals surface area (Å²) in [6.45, 7) is 4.37. The number of nitrogens with zero attached hydrogens (tertiary/aromatic N) is 2. The molecule has 1 aliphatic carbocycles. The average Bonchev–Trinajstić information content (AvgIpc) is 3.03. The van der Waals surface area contributed by atoms with Gasteiger partial charge in [0.25, 0.3) is 0 Å². The van der Waals surface area contributed by atoms with Gasteiger partial charge in [0, 0.05) is 38.3 Å². The normalized spacial score (nSPS) is 27.8. The monoisotopic (exact) mass is 242 g/mol. The Morgan fingerprint density at radius 2 is 2.06 bits per heavy atom. The van der Waals surface area contributed by atoms with Crippen molar-refractivity contribution < 1.29 is 0 Å². The van der Waals surface area contributed by atoms with Gasteiger partial charge in [0.2, 0.25) is 0 Å². The van der Waals surface area contributed by atoms with Crippen molar-refractivity contribution in [2.75, 3.05) is 40.3 Å². The van der Waals surface area contributed by atoms with Crippen LogP contribution in [0.25, 0.3) is 0 Å². The Kier molecular flexibility index (Phi) is 4.00. The van der Waals surface area contributed by atoms with E-state index in [0.29, 0.717) is 12.1 Å². The molecule has 1 saturated heterocycles. The number of hydrogen-bond acceptors (Lipinski definition) is 3. The molecule has 0 bridgehead atoms. The number of rotatable bonds is 3. The molecule has 2 aliphatic rings. The molecular weight excluding hydrogens is 220 g/mol. The van der Waals surface area contributed by atoms with Crippen molar-refractivity contribution in [2.45, 2.75) is 24.9 Å². The summed E-state index contributed by atoms with van der Waals surface area (Å²) in [6, 6.07) is 1.21. The average molecular weight is 242 g/mol. The fraction of sp³-hybridized carbons (Fsp3) is 0.909. The van der Waals surface area contributed by atoms with Crippen LogP contribution in [0.15, 0.2) is 0 Å². The van der Waals surface area contributed by atoms with E-state index in [1.165, 1.54) is 12.8 Å². The van der Waals surface area contributed by atoms with E-state index in [1.807, 2.05) is 0 Å². The predicted octanol–water partition coefficient (Wildman–Crippen LogP) is -0.141. The highest BCUT2D eigenvalue weighted by Gasteiger charge is 2.24. The van der Waals surface area contributed by atoms with Crippen molar-refractivity contribution in [1.82, 2.24) is 20.4 Å². The maximum atomic E-state index is 5.25. The topological polar surface area (TPSA) is 30.5 Å². The van der Waals surface area contributed by atoms with Crippen LogP contribution in [0.3, 0.4) is 0 Å². The molecule has 0 aromatic carbocycles. The summed E-state index contributed by atoms with van der Waals surface area (Å²) in [6.07, 6.45) is 2.54. The van der Waals surface area contributed by atoms with E-state index in [-0.39, 0.29) is 0 Å². The van der Waals surface area contributed by atoms with Crippen LogP contribution in [0.1, 0.15) is 12.8 Å². The van der Waals surface area contributed by atoms with Crippen molar-refractivity contribution in [3.8, 4) is 0 Å². The Balaban J connectivity index is 1.68. The van der Waals surface area contributed by atoms with E-state index in [0.717, 1.165) is 31.3 Å². The largest absolute Gasteiger partial charge is 0.361 e. The van der Waals surface area contributed by atoms with Crippen LogP contribution in [-0.4, -0.2) is 67.3 Å². The summed E-state index contributed by atoms with van der Waals surface area (Å²) in [5, 5.41) is 7.46. The summed E-state index contributed by atoms with van der Waals surface area (Å²) < 4.78 is 0. The molecule has 1 saturated carbocycles. The molecule has 2 rings (SSSR count). The quantitative estimate of drug-likeness (QED) is 0.673. The zero-order valence-electron chi connectivity index (χ0n) is 10.2. The highest BCUT2D eigenvalue weighted by molar-refractivity contribution is 7.80. The third kappa shape index (κ3) is 3.57. The standard InChI is InChI=1S/C11H22N4S/c1-14-5-6-15(2)10(8-14)7-12-11(16)13-9-3-4-9/h9-10H,3-8H2,1-2H3,(H2,12,13,16). The molecule has 1 unspecified atom stereocenters. The number of hydrogen-bond donors (Lipinski definition) is 2. The second-order valence-corrected chi connectivity index (χ2v) is 5.43. The fourth-order valence-corrected chi connectivity index (χ4v) is 2.25. The second-order valence-electron chi connectivity index (χ2n) is 5.03. The van der Waals surface area contributed by atoms with Gasteiger partial charge in [-0.25, -0.2) is 0 Å². The molecular formula is C11H22N4S. The van der Waals surface area contributed by atoms with E-state index in [2.05, 4.69) is 34.5 Å². The minimum absolute atomic E-state index is 0.567. The molecule has 1 heterocycles. The number of piperazine rings is 1. The third-order valence-electron chi connectivity index (χ3n) is 3.39. The Hall–Kier alpha value is -0.390. The molecule has 2 fully saturated rings. The van der Waals surface area contributed by atoms with Crippen LogP contribution < -0.4 is 10.6 Å². The first-order valence-corrected chi connectivity index (χ1v) is 6.49. The molecule has 0 spiro atoms. The highest BCUT2D eigenvalue weighted by Crippen LogP contribution is 2.18. The molecule has 1 aliphatic heterocycles. The molecule has 0 aromatic rings. The van der Waals surface area contributed by atoms with Crippen molar-refractivity contribution in [3.63, 3.8) is 0 Å². The van der Waals surface area contributed by atoms with Gasteiger partial charge in [-0.3, -0.25) is 4.90 Å².